The molecule has 32 heavy (non-hydrogen) atoms. The van der Waals surface area contributed by atoms with E-state index < -0.39 is 17.7 Å². The summed E-state index contributed by atoms with van der Waals surface area (Å²) in [6, 6.07) is 21.4. The molecule has 1 saturated heterocycles. The Hall–Kier alpha value is -4.57. The number of ketones is 1. The molecule has 2 aliphatic rings. The molecule has 3 aromatic rings. The van der Waals surface area contributed by atoms with Crippen LogP contribution in [0.5, 0.6) is 11.5 Å². The number of aliphatic hydroxyl groups excluding tert-OH is 1. The van der Waals surface area contributed by atoms with Crippen LogP contribution in [0, 0.1) is 11.3 Å². The average molecular weight is 424 g/mol. The van der Waals surface area contributed by atoms with E-state index in [1.54, 1.807) is 66.7 Å². The Morgan fingerprint density at radius 2 is 1.69 bits per heavy atom. The van der Waals surface area contributed by atoms with Gasteiger partial charge in [-0.2, -0.15) is 5.26 Å². The number of carbonyl (C=O) groups is 2. The monoisotopic (exact) mass is 424 g/mol. The van der Waals surface area contributed by atoms with Crippen LogP contribution in [-0.2, 0) is 9.59 Å². The standard InChI is InChI=1S/C25H16N2O5/c26-13-15-6-9-18(10-7-15)27-22(16-4-2-1-3-5-16)21(24(29)25(27)30)23(28)17-8-11-19-20(12-17)32-14-31-19/h1-12,22,28H,14H2/b23-21-. The van der Waals surface area contributed by atoms with Gasteiger partial charge >= 0.3 is 0 Å². The van der Waals surface area contributed by atoms with Crippen LogP contribution in [0.15, 0.2) is 78.4 Å². The van der Waals surface area contributed by atoms with Gasteiger partial charge in [-0.25, -0.2) is 0 Å². The smallest absolute Gasteiger partial charge is 0.300 e. The minimum Gasteiger partial charge on any atom is -0.507 e. The number of nitriles is 1. The summed E-state index contributed by atoms with van der Waals surface area (Å²) in [5.74, 6) is -0.860. The Bertz CT molecular complexity index is 1310. The summed E-state index contributed by atoms with van der Waals surface area (Å²) in [6.45, 7) is 0.0760. The van der Waals surface area contributed by atoms with Gasteiger partial charge in [0.05, 0.1) is 23.2 Å². The summed E-state index contributed by atoms with van der Waals surface area (Å²) < 4.78 is 10.7. The highest BCUT2D eigenvalue weighted by atomic mass is 16.7. The fourth-order valence-electron chi connectivity index (χ4n) is 3.95. The van der Waals surface area contributed by atoms with E-state index in [4.69, 9.17) is 14.7 Å². The van der Waals surface area contributed by atoms with Crippen molar-refractivity contribution in [2.75, 3.05) is 11.7 Å². The molecule has 0 aromatic heterocycles. The molecule has 7 heteroatoms. The highest BCUT2D eigenvalue weighted by Crippen LogP contribution is 2.43. The number of aliphatic hydroxyl groups is 1. The topological polar surface area (TPSA) is 99.9 Å². The first kappa shape index (κ1) is 19.4. The Balaban J connectivity index is 1.68. The third-order valence-electron chi connectivity index (χ3n) is 5.48. The summed E-state index contributed by atoms with van der Waals surface area (Å²) in [7, 11) is 0. The summed E-state index contributed by atoms with van der Waals surface area (Å²) in [6.07, 6.45) is 0. The fourth-order valence-corrected chi connectivity index (χ4v) is 3.95. The van der Waals surface area contributed by atoms with Crippen LogP contribution in [-0.4, -0.2) is 23.6 Å². The molecule has 156 valence electrons. The number of ether oxygens (including phenoxy) is 2. The van der Waals surface area contributed by atoms with Gasteiger partial charge in [0.2, 0.25) is 6.79 Å². The van der Waals surface area contributed by atoms with Crippen molar-refractivity contribution >= 4 is 23.1 Å². The molecule has 0 radical (unpaired) electrons. The molecule has 7 nitrogen and oxygen atoms in total. The van der Waals surface area contributed by atoms with Gasteiger partial charge in [-0.1, -0.05) is 30.3 Å². The molecule has 3 aromatic carbocycles. The van der Waals surface area contributed by atoms with Gasteiger partial charge < -0.3 is 14.6 Å². The van der Waals surface area contributed by atoms with Gasteiger partial charge in [0.15, 0.2) is 11.5 Å². The predicted molar refractivity (Wildman–Crippen MR) is 115 cm³/mol. The van der Waals surface area contributed by atoms with E-state index in [2.05, 4.69) is 0 Å². The molecule has 1 unspecified atom stereocenters. The number of hydrogen-bond acceptors (Lipinski definition) is 6. The lowest BCUT2D eigenvalue weighted by Crippen LogP contribution is -2.29. The molecule has 1 atom stereocenters. The molecule has 0 aliphatic carbocycles. The van der Waals surface area contributed by atoms with Crippen LogP contribution in [0.2, 0.25) is 0 Å². The Morgan fingerprint density at radius 1 is 0.969 bits per heavy atom. The highest BCUT2D eigenvalue weighted by molar-refractivity contribution is 6.51. The first-order valence-corrected chi connectivity index (χ1v) is 9.84. The number of anilines is 1. The summed E-state index contributed by atoms with van der Waals surface area (Å²) in [4.78, 5) is 27.6. The lowest BCUT2D eigenvalue weighted by Gasteiger charge is -2.25. The van der Waals surface area contributed by atoms with Gasteiger partial charge in [0.25, 0.3) is 11.7 Å². The van der Waals surface area contributed by atoms with Crippen molar-refractivity contribution in [3.05, 3.63) is 95.1 Å². The van der Waals surface area contributed by atoms with E-state index in [9.17, 15) is 14.7 Å². The summed E-state index contributed by atoms with van der Waals surface area (Å²) in [5, 5.41) is 20.2. The normalized spacial score (nSPS) is 18.6. The molecule has 1 N–H and O–H groups in total. The molecule has 1 fully saturated rings. The number of carbonyl (C=O) groups excluding carboxylic acids is 2. The van der Waals surface area contributed by atoms with Crippen LogP contribution in [0.4, 0.5) is 5.69 Å². The number of nitrogens with zero attached hydrogens (tertiary/aromatic N) is 2. The van der Waals surface area contributed by atoms with Gasteiger partial charge in [-0.3, -0.25) is 14.5 Å². The second kappa shape index (κ2) is 7.60. The number of amides is 1. The van der Waals surface area contributed by atoms with E-state index in [0.717, 1.165) is 0 Å². The van der Waals surface area contributed by atoms with Crippen LogP contribution in [0.25, 0.3) is 5.76 Å². The lowest BCUT2D eigenvalue weighted by atomic mass is 9.95. The average Bonchev–Trinajstić information content (AvgIpc) is 3.41. The Morgan fingerprint density at radius 3 is 2.41 bits per heavy atom. The number of fused-ring (bicyclic) bond motifs is 1. The van der Waals surface area contributed by atoms with Crippen molar-refractivity contribution in [2.24, 2.45) is 0 Å². The third-order valence-corrected chi connectivity index (χ3v) is 5.48. The van der Waals surface area contributed by atoms with E-state index in [1.807, 2.05) is 12.1 Å². The fraction of sp³-hybridized carbons (Fsp3) is 0.0800. The maximum Gasteiger partial charge on any atom is 0.300 e. The zero-order valence-corrected chi connectivity index (χ0v) is 16.7. The summed E-state index contributed by atoms with van der Waals surface area (Å²) in [5.41, 5.74) is 1.86. The van der Waals surface area contributed by atoms with Gasteiger partial charge in [-0.15, -0.1) is 0 Å². The largest absolute Gasteiger partial charge is 0.507 e. The van der Waals surface area contributed by atoms with Crippen LogP contribution >= 0.6 is 0 Å². The minimum atomic E-state index is -0.838. The minimum absolute atomic E-state index is 0.0237. The maximum absolute atomic E-state index is 13.1. The number of benzene rings is 3. The molecule has 2 aliphatic heterocycles. The molecule has 0 spiro atoms. The van der Waals surface area contributed by atoms with Crippen molar-refractivity contribution < 1.29 is 24.2 Å². The van der Waals surface area contributed by atoms with Crippen LogP contribution < -0.4 is 14.4 Å². The molecule has 2 heterocycles. The predicted octanol–water partition coefficient (Wildman–Crippen LogP) is 3.91. The van der Waals surface area contributed by atoms with E-state index in [0.29, 0.717) is 33.9 Å². The zero-order chi connectivity index (χ0) is 22.2. The van der Waals surface area contributed by atoms with Gasteiger partial charge in [-0.05, 0) is 48.0 Å². The third kappa shape index (κ3) is 3.06. The van der Waals surface area contributed by atoms with Crippen LogP contribution in [0.1, 0.15) is 22.7 Å². The van der Waals surface area contributed by atoms with Crippen molar-refractivity contribution in [2.45, 2.75) is 6.04 Å². The molecule has 0 bridgehead atoms. The number of hydrogen-bond donors (Lipinski definition) is 1. The van der Waals surface area contributed by atoms with E-state index >= 15 is 0 Å². The molecular weight excluding hydrogens is 408 g/mol. The molecule has 5 rings (SSSR count). The highest BCUT2D eigenvalue weighted by Gasteiger charge is 2.47. The SMILES string of the molecule is N#Cc1ccc(N2C(=O)C(=O)/C(=C(\O)c3ccc4c(c3)OCO4)C2c2ccccc2)cc1. The van der Waals surface area contributed by atoms with E-state index in [1.165, 1.54) is 4.90 Å². The molecule has 0 saturated carbocycles. The number of Topliss-reactive ketones (excluding diaryl/α,β-unsaturated/α-hetero) is 1. The first-order valence-electron chi connectivity index (χ1n) is 9.84. The van der Waals surface area contributed by atoms with Crippen LogP contribution in [0.3, 0.4) is 0 Å². The van der Waals surface area contributed by atoms with Gasteiger partial charge in [0.1, 0.15) is 5.76 Å². The lowest BCUT2D eigenvalue weighted by molar-refractivity contribution is -0.132. The second-order valence-corrected chi connectivity index (χ2v) is 7.31. The second-order valence-electron chi connectivity index (χ2n) is 7.31. The zero-order valence-electron chi connectivity index (χ0n) is 16.7. The van der Waals surface area contributed by atoms with Crippen molar-refractivity contribution in [3.63, 3.8) is 0 Å². The molecule has 1 amide bonds. The van der Waals surface area contributed by atoms with Crippen molar-refractivity contribution in [1.82, 2.24) is 0 Å². The summed E-state index contributed by atoms with van der Waals surface area (Å²) >= 11 is 0. The van der Waals surface area contributed by atoms with Crippen molar-refractivity contribution in [3.8, 4) is 17.6 Å². The maximum atomic E-state index is 13.1. The molecular formula is C25H16N2O5. The van der Waals surface area contributed by atoms with Gasteiger partial charge in [0, 0.05) is 11.3 Å². The van der Waals surface area contributed by atoms with E-state index in [-0.39, 0.29) is 18.1 Å². The first-order chi connectivity index (χ1) is 15.6. The Labute approximate surface area is 183 Å². The number of rotatable bonds is 3. The quantitative estimate of drug-likeness (QED) is 0.389. The van der Waals surface area contributed by atoms with Crippen molar-refractivity contribution in [1.29, 1.82) is 5.26 Å². The Kier molecular flexibility index (Phi) is 4.61.